The lowest BCUT2D eigenvalue weighted by molar-refractivity contribution is 0.633. The zero-order valence-electron chi connectivity index (χ0n) is 10.1. The molecule has 0 radical (unpaired) electrons. The Hall–Kier alpha value is -1.48. The van der Waals surface area contributed by atoms with E-state index < -0.39 is 0 Å². The Bertz CT molecular complexity index is 544. The second kappa shape index (κ2) is 5.23. The van der Waals surface area contributed by atoms with Crippen LogP contribution in [0.3, 0.4) is 0 Å². The van der Waals surface area contributed by atoms with Gasteiger partial charge in [-0.2, -0.15) is 0 Å². The zero-order valence-corrected chi connectivity index (χ0v) is 10.9. The second-order valence-electron chi connectivity index (χ2n) is 4.56. The van der Waals surface area contributed by atoms with Crippen LogP contribution in [0.25, 0.3) is 11.3 Å². The Labute approximate surface area is 107 Å². The molecule has 0 aliphatic heterocycles. The summed E-state index contributed by atoms with van der Waals surface area (Å²) in [5.74, 6) is 0.603. The van der Waals surface area contributed by atoms with Gasteiger partial charge < -0.3 is 4.98 Å². The summed E-state index contributed by atoms with van der Waals surface area (Å²) < 4.78 is 0.557. The van der Waals surface area contributed by atoms with Gasteiger partial charge in [0, 0.05) is 11.3 Å². The Kier molecular flexibility index (Phi) is 3.69. The summed E-state index contributed by atoms with van der Waals surface area (Å²) in [6, 6.07) is 12.2. The van der Waals surface area contributed by atoms with Gasteiger partial charge in [-0.1, -0.05) is 44.2 Å². The molecule has 2 rings (SSSR count). The monoisotopic (exact) mass is 244 g/mol. The van der Waals surface area contributed by atoms with Crippen molar-refractivity contribution in [2.75, 3.05) is 0 Å². The minimum Gasteiger partial charge on any atom is -0.334 e. The maximum atomic E-state index is 5.17. The van der Waals surface area contributed by atoms with E-state index in [0.717, 1.165) is 23.4 Å². The quantitative estimate of drug-likeness (QED) is 0.827. The van der Waals surface area contributed by atoms with Gasteiger partial charge in [0.15, 0.2) is 4.77 Å². The highest BCUT2D eigenvalue weighted by Gasteiger charge is 2.03. The summed E-state index contributed by atoms with van der Waals surface area (Å²) in [7, 11) is 0. The van der Waals surface area contributed by atoms with Crippen LogP contribution in [0.4, 0.5) is 0 Å². The molecule has 1 N–H and O–H groups in total. The normalized spacial score (nSPS) is 10.8. The summed E-state index contributed by atoms with van der Waals surface area (Å²) in [5, 5.41) is 0. The molecule has 2 aromatic rings. The van der Waals surface area contributed by atoms with Crippen molar-refractivity contribution in [3.8, 4) is 11.3 Å². The number of aromatic nitrogens is 2. The van der Waals surface area contributed by atoms with Crippen LogP contribution in [0.15, 0.2) is 36.4 Å². The van der Waals surface area contributed by atoms with Crippen LogP contribution in [0.5, 0.6) is 0 Å². The van der Waals surface area contributed by atoms with Gasteiger partial charge in [0.25, 0.3) is 0 Å². The van der Waals surface area contributed by atoms with Crippen molar-refractivity contribution in [2.45, 2.75) is 20.3 Å². The van der Waals surface area contributed by atoms with Gasteiger partial charge >= 0.3 is 0 Å². The van der Waals surface area contributed by atoms with E-state index in [1.807, 2.05) is 18.2 Å². The van der Waals surface area contributed by atoms with Crippen LogP contribution >= 0.6 is 12.2 Å². The molecule has 1 aromatic carbocycles. The fourth-order valence-electron chi connectivity index (χ4n) is 1.81. The van der Waals surface area contributed by atoms with Gasteiger partial charge in [0.1, 0.15) is 0 Å². The summed E-state index contributed by atoms with van der Waals surface area (Å²) in [6.45, 7) is 4.39. The molecular weight excluding hydrogens is 228 g/mol. The average Bonchev–Trinajstić information content (AvgIpc) is 2.28. The van der Waals surface area contributed by atoms with Crippen molar-refractivity contribution >= 4 is 12.2 Å². The molecule has 0 aliphatic carbocycles. The predicted molar refractivity (Wildman–Crippen MR) is 73.4 cm³/mol. The highest BCUT2D eigenvalue weighted by Crippen LogP contribution is 2.17. The molecule has 1 aromatic heterocycles. The van der Waals surface area contributed by atoms with Gasteiger partial charge in [-0.3, -0.25) is 0 Å². The van der Waals surface area contributed by atoms with Crippen LogP contribution in [0.2, 0.25) is 0 Å². The maximum Gasteiger partial charge on any atom is 0.197 e. The molecule has 0 unspecified atom stereocenters. The molecule has 0 saturated carbocycles. The number of nitrogens with zero attached hydrogens (tertiary/aromatic N) is 1. The third-order valence-corrected chi connectivity index (χ3v) is 2.69. The predicted octanol–water partition coefficient (Wildman–Crippen LogP) is 4.00. The topological polar surface area (TPSA) is 28.7 Å². The zero-order chi connectivity index (χ0) is 12.3. The lowest BCUT2D eigenvalue weighted by Gasteiger charge is -2.07. The number of benzene rings is 1. The molecule has 88 valence electrons. The summed E-state index contributed by atoms with van der Waals surface area (Å²) >= 11 is 5.17. The smallest absolute Gasteiger partial charge is 0.197 e. The SMILES string of the molecule is CC(C)Cc1cc(-c2ccccc2)nc(=S)[nH]1. The molecule has 0 amide bonds. The number of H-pyrrole nitrogens is 1. The van der Waals surface area contributed by atoms with E-state index in [0.29, 0.717) is 10.7 Å². The molecule has 2 nitrogen and oxygen atoms in total. The van der Waals surface area contributed by atoms with E-state index >= 15 is 0 Å². The van der Waals surface area contributed by atoms with E-state index in [4.69, 9.17) is 12.2 Å². The third-order valence-electron chi connectivity index (χ3n) is 2.50. The first kappa shape index (κ1) is 12.0. The van der Waals surface area contributed by atoms with Crippen LogP contribution in [-0.4, -0.2) is 9.97 Å². The molecule has 0 spiro atoms. The van der Waals surface area contributed by atoms with E-state index in [-0.39, 0.29) is 0 Å². The first-order valence-electron chi connectivity index (χ1n) is 5.81. The number of hydrogen-bond donors (Lipinski definition) is 1. The van der Waals surface area contributed by atoms with Crippen molar-refractivity contribution in [3.63, 3.8) is 0 Å². The molecule has 0 bridgehead atoms. The van der Waals surface area contributed by atoms with E-state index in [9.17, 15) is 0 Å². The van der Waals surface area contributed by atoms with E-state index in [1.165, 1.54) is 0 Å². The number of aromatic amines is 1. The first-order chi connectivity index (χ1) is 8.15. The van der Waals surface area contributed by atoms with E-state index in [2.05, 4.69) is 42.0 Å². The Balaban J connectivity index is 2.42. The highest BCUT2D eigenvalue weighted by atomic mass is 32.1. The van der Waals surface area contributed by atoms with Crippen LogP contribution in [-0.2, 0) is 6.42 Å². The van der Waals surface area contributed by atoms with Gasteiger partial charge in [0.05, 0.1) is 5.69 Å². The van der Waals surface area contributed by atoms with Gasteiger partial charge in [0.2, 0.25) is 0 Å². The number of nitrogens with one attached hydrogen (secondary N) is 1. The van der Waals surface area contributed by atoms with Crippen LogP contribution < -0.4 is 0 Å². The Morgan fingerprint density at radius 3 is 2.59 bits per heavy atom. The lowest BCUT2D eigenvalue weighted by Crippen LogP contribution is -1.99. The first-order valence-corrected chi connectivity index (χ1v) is 6.21. The maximum absolute atomic E-state index is 5.17. The summed E-state index contributed by atoms with van der Waals surface area (Å²) in [5.41, 5.74) is 3.21. The van der Waals surface area contributed by atoms with Crippen LogP contribution in [0, 0.1) is 10.7 Å². The van der Waals surface area contributed by atoms with E-state index in [1.54, 1.807) is 0 Å². The number of hydrogen-bond acceptors (Lipinski definition) is 2. The lowest BCUT2D eigenvalue weighted by atomic mass is 10.1. The molecule has 0 atom stereocenters. The summed E-state index contributed by atoms with van der Waals surface area (Å²) in [6.07, 6.45) is 0.992. The van der Waals surface area contributed by atoms with Crippen molar-refractivity contribution in [1.29, 1.82) is 0 Å². The molecule has 0 saturated heterocycles. The Morgan fingerprint density at radius 2 is 1.94 bits per heavy atom. The van der Waals surface area contributed by atoms with Crippen molar-refractivity contribution in [1.82, 2.24) is 9.97 Å². The molecule has 17 heavy (non-hydrogen) atoms. The molecule has 0 aliphatic rings. The highest BCUT2D eigenvalue weighted by molar-refractivity contribution is 7.71. The minimum absolute atomic E-state index is 0.557. The van der Waals surface area contributed by atoms with Crippen molar-refractivity contribution in [3.05, 3.63) is 46.9 Å². The molecule has 0 fully saturated rings. The fourth-order valence-corrected chi connectivity index (χ4v) is 2.04. The minimum atomic E-state index is 0.557. The molecular formula is C14H16N2S. The average molecular weight is 244 g/mol. The third kappa shape index (κ3) is 3.24. The fraction of sp³-hybridized carbons (Fsp3) is 0.286. The second-order valence-corrected chi connectivity index (χ2v) is 4.95. The van der Waals surface area contributed by atoms with Gasteiger partial charge in [-0.15, -0.1) is 0 Å². The Morgan fingerprint density at radius 1 is 1.24 bits per heavy atom. The largest absolute Gasteiger partial charge is 0.334 e. The van der Waals surface area contributed by atoms with Crippen molar-refractivity contribution < 1.29 is 0 Å². The summed E-state index contributed by atoms with van der Waals surface area (Å²) in [4.78, 5) is 7.52. The van der Waals surface area contributed by atoms with Crippen molar-refractivity contribution in [2.24, 2.45) is 5.92 Å². The molecule has 3 heteroatoms. The number of rotatable bonds is 3. The van der Waals surface area contributed by atoms with Crippen LogP contribution in [0.1, 0.15) is 19.5 Å². The van der Waals surface area contributed by atoms with Gasteiger partial charge in [-0.25, -0.2) is 4.98 Å². The molecule has 1 heterocycles. The standard InChI is InChI=1S/C14H16N2S/c1-10(2)8-12-9-13(16-14(17)15-12)11-6-4-3-5-7-11/h3-7,9-10H,8H2,1-2H3,(H,15,16,17). The van der Waals surface area contributed by atoms with Gasteiger partial charge in [-0.05, 0) is 30.6 Å².